The SMILES string of the molecule is CC(C)(C)c1ccc(O)c(NC(=O)c2ccc(Cl)c(NS(C)(=O)=O)c2)c1. The number of benzene rings is 2. The molecule has 0 heterocycles. The quantitative estimate of drug-likeness (QED) is 0.681. The van der Waals surface area contributed by atoms with Gasteiger partial charge in [0.2, 0.25) is 10.0 Å². The summed E-state index contributed by atoms with van der Waals surface area (Å²) in [5.41, 5.74) is 1.37. The summed E-state index contributed by atoms with van der Waals surface area (Å²) in [6.45, 7) is 6.06. The van der Waals surface area contributed by atoms with E-state index in [9.17, 15) is 18.3 Å². The van der Waals surface area contributed by atoms with Gasteiger partial charge in [0.15, 0.2) is 0 Å². The second-order valence-electron chi connectivity index (χ2n) is 7.00. The number of carbonyl (C=O) groups is 1. The topological polar surface area (TPSA) is 95.5 Å². The van der Waals surface area contributed by atoms with Gasteiger partial charge >= 0.3 is 0 Å². The number of hydrogen-bond acceptors (Lipinski definition) is 4. The van der Waals surface area contributed by atoms with Gasteiger partial charge in [0.1, 0.15) is 5.75 Å². The van der Waals surface area contributed by atoms with Crippen molar-refractivity contribution in [3.8, 4) is 5.75 Å². The van der Waals surface area contributed by atoms with Crippen molar-refractivity contribution in [2.24, 2.45) is 0 Å². The molecular formula is C18H21ClN2O4S. The first kappa shape index (κ1) is 20.1. The van der Waals surface area contributed by atoms with Gasteiger partial charge in [-0.1, -0.05) is 38.4 Å². The maximum atomic E-state index is 12.5. The van der Waals surface area contributed by atoms with E-state index in [2.05, 4.69) is 10.0 Å². The molecule has 0 bridgehead atoms. The highest BCUT2D eigenvalue weighted by Crippen LogP contribution is 2.31. The number of amides is 1. The Morgan fingerprint density at radius 3 is 2.31 bits per heavy atom. The summed E-state index contributed by atoms with van der Waals surface area (Å²) in [4.78, 5) is 12.5. The van der Waals surface area contributed by atoms with Crippen LogP contribution in [0.2, 0.25) is 5.02 Å². The van der Waals surface area contributed by atoms with Crippen LogP contribution >= 0.6 is 11.6 Å². The van der Waals surface area contributed by atoms with Gasteiger partial charge in [0.25, 0.3) is 5.91 Å². The lowest BCUT2D eigenvalue weighted by molar-refractivity contribution is 0.102. The smallest absolute Gasteiger partial charge is 0.255 e. The normalized spacial score (nSPS) is 11.9. The largest absolute Gasteiger partial charge is 0.506 e. The minimum absolute atomic E-state index is 0.0604. The van der Waals surface area contributed by atoms with E-state index in [-0.39, 0.29) is 33.1 Å². The lowest BCUT2D eigenvalue weighted by Crippen LogP contribution is -2.16. The zero-order chi connectivity index (χ0) is 19.7. The molecule has 0 saturated heterocycles. The fourth-order valence-electron chi connectivity index (χ4n) is 2.24. The number of rotatable bonds is 4. The van der Waals surface area contributed by atoms with E-state index >= 15 is 0 Å². The van der Waals surface area contributed by atoms with E-state index in [1.807, 2.05) is 20.8 Å². The molecule has 6 nitrogen and oxygen atoms in total. The Hall–Kier alpha value is -2.25. The molecule has 0 spiro atoms. The standard InChI is InChI=1S/C18H21ClN2O4S/c1-18(2,3)12-6-8-16(22)15(10-12)20-17(23)11-5-7-13(19)14(9-11)21-26(4,24)25/h5-10,21-22H,1-4H3,(H,20,23). The Bertz CT molecular complexity index is 950. The van der Waals surface area contributed by atoms with E-state index in [1.54, 1.807) is 12.1 Å². The van der Waals surface area contributed by atoms with Crippen LogP contribution < -0.4 is 10.0 Å². The molecule has 0 saturated carbocycles. The van der Waals surface area contributed by atoms with Crippen molar-refractivity contribution >= 4 is 38.9 Å². The zero-order valence-electron chi connectivity index (χ0n) is 14.9. The van der Waals surface area contributed by atoms with Gasteiger partial charge in [0, 0.05) is 5.56 Å². The Morgan fingerprint density at radius 2 is 1.73 bits per heavy atom. The molecule has 8 heteroatoms. The molecule has 1 amide bonds. The molecule has 0 aromatic heterocycles. The van der Waals surface area contributed by atoms with Crippen LogP contribution in [0.5, 0.6) is 5.75 Å². The summed E-state index contributed by atoms with van der Waals surface area (Å²) < 4.78 is 25.1. The summed E-state index contributed by atoms with van der Waals surface area (Å²) in [5, 5.41) is 12.8. The van der Waals surface area contributed by atoms with E-state index in [0.717, 1.165) is 11.8 Å². The van der Waals surface area contributed by atoms with Crippen LogP contribution in [0.4, 0.5) is 11.4 Å². The first-order valence-electron chi connectivity index (χ1n) is 7.79. The molecule has 3 N–H and O–H groups in total. The number of anilines is 2. The van der Waals surface area contributed by atoms with E-state index in [4.69, 9.17) is 11.6 Å². The molecule has 2 rings (SSSR count). The summed E-state index contributed by atoms with van der Waals surface area (Å²) in [5.74, 6) is -0.561. The maximum Gasteiger partial charge on any atom is 0.255 e. The van der Waals surface area contributed by atoms with Crippen molar-refractivity contribution in [2.45, 2.75) is 26.2 Å². The highest BCUT2D eigenvalue weighted by Gasteiger charge is 2.17. The van der Waals surface area contributed by atoms with Crippen LogP contribution in [0, 0.1) is 0 Å². The van der Waals surface area contributed by atoms with Crippen LogP contribution in [0.25, 0.3) is 0 Å². The van der Waals surface area contributed by atoms with E-state index < -0.39 is 15.9 Å². The number of nitrogens with one attached hydrogen (secondary N) is 2. The Kier molecular flexibility index (Phi) is 5.53. The van der Waals surface area contributed by atoms with Gasteiger partial charge in [0.05, 0.1) is 22.7 Å². The van der Waals surface area contributed by atoms with Crippen molar-refractivity contribution in [3.63, 3.8) is 0 Å². The predicted octanol–water partition coefficient (Wildman–Crippen LogP) is 3.97. The number of phenolic OH excluding ortho intramolecular Hbond substituents is 1. The van der Waals surface area contributed by atoms with Crippen molar-refractivity contribution < 1.29 is 18.3 Å². The van der Waals surface area contributed by atoms with E-state index in [0.29, 0.717) is 0 Å². The number of phenols is 1. The third-order valence-electron chi connectivity index (χ3n) is 3.63. The van der Waals surface area contributed by atoms with Gasteiger partial charge in [-0.2, -0.15) is 0 Å². The molecule has 0 atom stereocenters. The van der Waals surface area contributed by atoms with Crippen molar-refractivity contribution in [2.75, 3.05) is 16.3 Å². The first-order valence-corrected chi connectivity index (χ1v) is 10.1. The lowest BCUT2D eigenvalue weighted by atomic mass is 9.87. The molecule has 2 aromatic rings. The predicted molar refractivity (Wildman–Crippen MR) is 105 cm³/mol. The number of aromatic hydroxyl groups is 1. The zero-order valence-corrected chi connectivity index (χ0v) is 16.5. The van der Waals surface area contributed by atoms with Crippen molar-refractivity contribution in [1.82, 2.24) is 0 Å². The number of carbonyl (C=O) groups excluding carboxylic acids is 1. The van der Waals surface area contributed by atoms with Gasteiger partial charge in [-0.15, -0.1) is 0 Å². The molecule has 0 aliphatic rings. The van der Waals surface area contributed by atoms with Crippen LogP contribution in [0.1, 0.15) is 36.7 Å². The molecule has 0 aliphatic heterocycles. The monoisotopic (exact) mass is 396 g/mol. The van der Waals surface area contributed by atoms with Gasteiger partial charge < -0.3 is 10.4 Å². The lowest BCUT2D eigenvalue weighted by Gasteiger charge is -2.20. The average Bonchev–Trinajstić information content (AvgIpc) is 2.49. The number of hydrogen-bond donors (Lipinski definition) is 3. The summed E-state index contributed by atoms with van der Waals surface area (Å²) in [7, 11) is -3.54. The molecule has 26 heavy (non-hydrogen) atoms. The van der Waals surface area contributed by atoms with Gasteiger partial charge in [-0.3, -0.25) is 9.52 Å². The fraction of sp³-hybridized carbons (Fsp3) is 0.278. The van der Waals surface area contributed by atoms with Gasteiger partial charge in [-0.05, 0) is 41.3 Å². The fourth-order valence-corrected chi connectivity index (χ4v) is 3.03. The van der Waals surface area contributed by atoms with Crippen LogP contribution in [0.3, 0.4) is 0 Å². The Morgan fingerprint density at radius 1 is 1.08 bits per heavy atom. The van der Waals surface area contributed by atoms with Crippen LogP contribution in [-0.2, 0) is 15.4 Å². The Balaban J connectivity index is 2.32. The maximum absolute atomic E-state index is 12.5. The summed E-state index contributed by atoms with van der Waals surface area (Å²) in [6.07, 6.45) is 0.992. The van der Waals surface area contributed by atoms with Crippen LogP contribution in [-0.4, -0.2) is 25.7 Å². The molecule has 0 fully saturated rings. The van der Waals surface area contributed by atoms with Crippen LogP contribution in [0.15, 0.2) is 36.4 Å². The van der Waals surface area contributed by atoms with Crippen molar-refractivity contribution in [3.05, 3.63) is 52.5 Å². The average molecular weight is 397 g/mol. The molecule has 0 unspecified atom stereocenters. The van der Waals surface area contributed by atoms with E-state index in [1.165, 1.54) is 24.3 Å². The Labute approximate surface area is 158 Å². The molecular weight excluding hydrogens is 376 g/mol. The minimum Gasteiger partial charge on any atom is -0.506 e. The number of halogens is 1. The third kappa shape index (κ3) is 5.12. The summed E-state index contributed by atoms with van der Waals surface area (Å²) in [6, 6.07) is 9.25. The molecule has 140 valence electrons. The minimum atomic E-state index is -3.54. The third-order valence-corrected chi connectivity index (χ3v) is 4.55. The first-order chi connectivity index (χ1) is 11.9. The second-order valence-corrected chi connectivity index (χ2v) is 9.16. The molecule has 2 aromatic carbocycles. The second kappa shape index (κ2) is 7.17. The number of sulfonamides is 1. The highest BCUT2D eigenvalue weighted by atomic mass is 35.5. The molecule has 0 aliphatic carbocycles. The molecule has 0 radical (unpaired) electrons. The van der Waals surface area contributed by atoms with Gasteiger partial charge in [-0.25, -0.2) is 8.42 Å². The highest BCUT2D eigenvalue weighted by molar-refractivity contribution is 7.92. The summed E-state index contributed by atoms with van der Waals surface area (Å²) >= 11 is 5.96. The van der Waals surface area contributed by atoms with Crippen molar-refractivity contribution in [1.29, 1.82) is 0 Å².